The van der Waals surface area contributed by atoms with Gasteiger partial charge in [-0.2, -0.15) is 28.2 Å². The van der Waals surface area contributed by atoms with Crippen LogP contribution in [0.1, 0.15) is 22.9 Å². The average Bonchev–Trinajstić information content (AvgIpc) is 3.28. The number of ether oxygens (including phenoxy) is 1. The predicted octanol–water partition coefficient (Wildman–Crippen LogP) is 3.70. The third-order valence-corrected chi connectivity index (χ3v) is 4.14. The van der Waals surface area contributed by atoms with E-state index < -0.39 is 17.8 Å². The minimum absolute atomic E-state index is 0.136. The van der Waals surface area contributed by atoms with Gasteiger partial charge >= 0.3 is 6.18 Å². The Kier molecular flexibility index (Phi) is 3.70. The molecular formula is C18H11F3N4O2. The first kappa shape index (κ1) is 16.8. The highest BCUT2D eigenvalue weighted by molar-refractivity contribution is 5.56. The molecule has 1 aliphatic heterocycles. The molecule has 3 heterocycles. The van der Waals surface area contributed by atoms with Crippen molar-refractivity contribution in [2.45, 2.75) is 12.1 Å². The fourth-order valence-electron chi connectivity index (χ4n) is 3.03. The SMILES string of the molecule is N#CC1=C(N)Oc2c(c(C(F)(F)F)nn2-c2ccccc2)C1c1ccco1. The summed E-state index contributed by atoms with van der Waals surface area (Å²) in [5, 5.41) is 13.2. The van der Waals surface area contributed by atoms with Crippen LogP contribution in [-0.4, -0.2) is 9.78 Å². The number of fused-ring (bicyclic) bond motifs is 1. The summed E-state index contributed by atoms with van der Waals surface area (Å²) < 4.78 is 53.0. The van der Waals surface area contributed by atoms with Crippen molar-refractivity contribution in [3.63, 3.8) is 0 Å². The minimum Gasteiger partial charge on any atom is -0.468 e. The standard InChI is InChI=1S/C18H11F3N4O2/c19-18(20,21)15-14-13(12-7-4-8-26-12)11(9-22)16(23)27-17(14)25(24-15)10-5-2-1-3-6-10/h1-8,13H,23H2. The number of allylic oxidation sites excluding steroid dienone is 1. The molecule has 1 aliphatic rings. The number of nitriles is 1. The molecular weight excluding hydrogens is 361 g/mol. The summed E-state index contributed by atoms with van der Waals surface area (Å²) >= 11 is 0. The summed E-state index contributed by atoms with van der Waals surface area (Å²) in [6.07, 6.45) is -3.46. The predicted molar refractivity (Wildman–Crippen MR) is 86.6 cm³/mol. The lowest BCUT2D eigenvalue weighted by Crippen LogP contribution is -2.23. The quantitative estimate of drug-likeness (QED) is 0.741. The summed E-state index contributed by atoms with van der Waals surface area (Å²) in [5.41, 5.74) is 4.55. The average molecular weight is 372 g/mol. The van der Waals surface area contributed by atoms with E-state index in [0.29, 0.717) is 5.69 Å². The number of aromatic nitrogens is 2. The van der Waals surface area contributed by atoms with Gasteiger partial charge in [0.05, 0.1) is 23.4 Å². The molecule has 0 spiro atoms. The van der Waals surface area contributed by atoms with Crippen LogP contribution < -0.4 is 10.5 Å². The number of rotatable bonds is 2. The number of para-hydroxylation sites is 1. The van der Waals surface area contributed by atoms with Gasteiger partial charge in [0.1, 0.15) is 17.4 Å². The van der Waals surface area contributed by atoms with Gasteiger partial charge in [0.2, 0.25) is 11.8 Å². The van der Waals surface area contributed by atoms with E-state index in [1.807, 2.05) is 6.07 Å². The minimum atomic E-state index is -4.77. The molecule has 6 nitrogen and oxygen atoms in total. The molecule has 0 saturated heterocycles. The van der Waals surface area contributed by atoms with Gasteiger partial charge in [-0.15, -0.1) is 0 Å². The van der Waals surface area contributed by atoms with Crippen molar-refractivity contribution in [1.29, 1.82) is 5.26 Å². The molecule has 2 aromatic heterocycles. The Hall–Kier alpha value is -3.67. The van der Waals surface area contributed by atoms with Crippen LogP contribution in [0.4, 0.5) is 13.2 Å². The van der Waals surface area contributed by atoms with Crippen molar-refractivity contribution in [3.05, 3.63) is 77.2 Å². The molecule has 9 heteroatoms. The monoisotopic (exact) mass is 372 g/mol. The van der Waals surface area contributed by atoms with Gasteiger partial charge in [0, 0.05) is 0 Å². The van der Waals surface area contributed by atoms with E-state index in [1.54, 1.807) is 30.3 Å². The van der Waals surface area contributed by atoms with Crippen LogP contribution in [0.3, 0.4) is 0 Å². The first-order valence-electron chi connectivity index (χ1n) is 7.78. The Morgan fingerprint density at radius 3 is 2.48 bits per heavy atom. The van der Waals surface area contributed by atoms with Gasteiger partial charge in [0.15, 0.2) is 5.69 Å². The highest BCUT2D eigenvalue weighted by Crippen LogP contribution is 2.48. The van der Waals surface area contributed by atoms with Gasteiger partial charge in [-0.25, -0.2) is 0 Å². The third-order valence-electron chi connectivity index (χ3n) is 4.14. The number of benzene rings is 1. The van der Waals surface area contributed by atoms with Crippen LogP contribution in [0.25, 0.3) is 5.69 Å². The van der Waals surface area contributed by atoms with Crippen molar-refractivity contribution in [1.82, 2.24) is 9.78 Å². The number of hydrogen-bond acceptors (Lipinski definition) is 5. The molecule has 0 bridgehead atoms. The topological polar surface area (TPSA) is 90.0 Å². The molecule has 0 aliphatic carbocycles. The van der Waals surface area contributed by atoms with Gasteiger partial charge < -0.3 is 14.9 Å². The summed E-state index contributed by atoms with van der Waals surface area (Å²) in [6.45, 7) is 0. The van der Waals surface area contributed by atoms with Gasteiger partial charge in [0.25, 0.3) is 0 Å². The molecule has 2 N–H and O–H groups in total. The Morgan fingerprint density at radius 2 is 1.89 bits per heavy atom. The maximum Gasteiger partial charge on any atom is 0.435 e. The zero-order valence-corrected chi connectivity index (χ0v) is 13.6. The number of alkyl halides is 3. The van der Waals surface area contributed by atoms with E-state index in [-0.39, 0.29) is 28.7 Å². The molecule has 1 aromatic carbocycles. The Bertz CT molecular complexity index is 1060. The van der Waals surface area contributed by atoms with Crippen molar-refractivity contribution >= 4 is 0 Å². The number of hydrogen-bond donors (Lipinski definition) is 1. The smallest absolute Gasteiger partial charge is 0.435 e. The molecule has 136 valence electrons. The molecule has 0 radical (unpaired) electrons. The lowest BCUT2D eigenvalue weighted by Gasteiger charge is -2.23. The second-order valence-corrected chi connectivity index (χ2v) is 5.75. The van der Waals surface area contributed by atoms with Crippen LogP contribution >= 0.6 is 0 Å². The zero-order chi connectivity index (χ0) is 19.2. The van der Waals surface area contributed by atoms with Crippen LogP contribution in [0.5, 0.6) is 5.88 Å². The molecule has 0 saturated carbocycles. The number of halogens is 3. The number of nitrogens with two attached hydrogens (primary N) is 1. The van der Waals surface area contributed by atoms with Crippen LogP contribution in [-0.2, 0) is 6.18 Å². The third kappa shape index (κ3) is 2.62. The maximum absolute atomic E-state index is 13.8. The van der Waals surface area contributed by atoms with E-state index in [0.717, 1.165) is 4.68 Å². The van der Waals surface area contributed by atoms with Crippen molar-refractivity contribution in [3.8, 4) is 17.6 Å². The summed E-state index contributed by atoms with van der Waals surface area (Å²) in [4.78, 5) is 0. The van der Waals surface area contributed by atoms with Crippen LogP contribution in [0, 0.1) is 11.3 Å². The van der Waals surface area contributed by atoms with Gasteiger partial charge in [-0.3, -0.25) is 0 Å². The van der Waals surface area contributed by atoms with E-state index in [2.05, 4.69) is 5.10 Å². The Morgan fingerprint density at radius 1 is 1.15 bits per heavy atom. The highest BCUT2D eigenvalue weighted by Gasteiger charge is 2.47. The first-order valence-corrected chi connectivity index (χ1v) is 7.78. The van der Waals surface area contributed by atoms with Crippen molar-refractivity contribution < 1.29 is 22.3 Å². The largest absolute Gasteiger partial charge is 0.468 e. The Labute approximate surface area is 150 Å². The Balaban J connectivity index is 2.05. The van der Waals surface area contributed by atoms with Crippen molar-refractivity contribution in [2.75, 3.05) is 0 Å². The van der Waals surface area contributed by atoms with E-state index in [9.17, 15) is 18.4 Å². The molecule has 1 unspecified atom stereocenters. The maximum atomic E-state index is 13.8. The van der Waals surface area contributed by atoms with E-state index in [4.69, 9.17) is 14.9 Å². The molecule has 0 amide bonds. The van der Waals surface area contributed by atoms with E-state index in [1.165, 1.54) is 18.4 Å². The first-order chi connectivity index (χ1) is 12.9. The fraction of sp³-hybridized carbons (Fsp3) is 0.111. The van der Waals surface area contributed by atoms with Gasteiger partial charge in [-0.1, -0.05) is 18.2 Å². The normalized spacial score (nSPS) is 16.6. The fourth-order valence-corrected chi connectivity index (χ4v) is 3.03. The lowest BCUT2D eigenvalue weighted by atomic mass is 9.88. The second-order valence-electron chi connectivity index (χ2n) is 5.75. The second kappa shape index (κ2) is 5.95. The molecule has 0 fully saturated rings. The van der Waals surface area contributed by atoms with Crippen molar-refractivity contribution in [2.24, 2.45) is 5.73 Å². The van der Waals surface area contributed by atoms with Crippen LogP contribution in [0.15, 0.2) is 64.6 Å². The molecule has 27 heavy (non-hydrogen) atoms. The molecule has 3 aromatic rings. The summed E-state index contributed by atoms with van der Waals surface area (Å²) in [7, 11) is 0. The highest BCUT2D eigenvalue weighted by atomic mass is 19.4. The number of nitrogens with zero attached hydrogens (tertiary/aromatic N) is 3. The van der Waals surface area contributed by atoms with Crippen LogP contribution in [0.2, 0.25) is 0 Å². The van der Waals surface area contributed by atoms with E-state index >= 15 is 0 Å². The molecule has 1 atom stereocenters. The number of furan rings is 1. The summed E-state index contributed by atoms with van der Waals surface area (Å²) in [6, 6.07) is 13.0. The lowest BCUT2D eigenvalue weighted by molar-refractivity contribution is -0.142. The zero-order valence-electron chi connectivity index (χ0n) is 13.6. The summed E-state index contributed by atoms with van der Waals surface area (Å²) in [5.74, 6) is -1.54. The van der Waals surface area contributed by atoms with Gasteiger partial charge in [-0.05, 0) is 24.3 Å². The molecule has 4 rings (SSSR count).